The molecule has 0 fully saturated rings. The molecule has 0 rings (SSSR count). The average molecular weight is 144 g/mol. The highest BCUT2D eigenvalue weighted by Crippen LogP contribution is 1.99. The molecule has 0 aliphatic heterocycles. The zero-order valence-electron chi connectivity index (χ0n) is 6.90. The van der Waals surface area contributed by atoms with Gasteiger partial charge in [0.15, 0.2) is 0 Å². The maximum atomic E-state index is 11.0. The summed E-state index contributed by atoms with van der Waals surface area (Å²) in [6.45, 7) is 2.77. The Morgan fingerprint density at radius 1 is 1.50 bits per heavy atom. The Kier molecular flexibility index (Phi) is 4.94. The molecular weight excluding hydrogens is 128 g/mol. The Bertz CT molecular complexity index is 104. The molecule has 0 bridgehead atoms. The van der Waals surface area contributed by atoms with E-state index in [1.165, 1.54) is 0 Å². The fourth-order valence-corrected chi connectivity index (χ4v) is 0.873. The first-order valence-electron chi connectivity index (χ1n) is 3.62. The van der Waals surface area contributed by atoms with Gasteiger partial charge in [-0.15, -0.1) is 0 Å². The number of carbonyl (C=O) groups is 1. The van der Waals surface area contributed by atoms with Crippen molar-refractivity contribution in [2.75, 3.05) is 20.6 Å². The lowest BCUT2D eigenvalue weighted by Gasteiger charge is -2.11. The predicted octanol–water partition coefficient (Wildman–Crippen LogP) is -0.0220. The molecule has 0 aromatic heterocycles. The van der Waals surface area contributed by atoms with Gasteiger partial charge in [-0.25, -0.2) is 0 Å². The van der Waals surface area contributed by atoms with Crippen LogP contribution in [0.3, 0.4) is 0 Å². The smallest absolute Gasteiger partial charge is 0.224 e. The van der Waals surface area contributed by atoms with E-state index in [1.54, 1.807) is 7.05 Å². The van der Waals surface area contributed by atoms with Crippen LogP contribution in [0, 0.1) is 5.92 Å². The Hall–Kier alpha value is -0.570. The average Bonchev–Trinajstić information content (AvgIpc) is 1.99. The van der Waals surface area contributed by atoms with Crippen molar-refractivity contribution in [1.29, 1.82) is 0 Å². The molecule has 3 heteroatoms. The zero-order valence-corrected chi connectivity index (χ0v) is 6.90. The van der Waals surface area contributed by atoms with E-state index in [9.17, 15) is 4.79 Å². The summed E-state index contributed by atoms with van der Waals surface area (Å²) in [5.41, 5.74) is 0. The Morgan fingerprint density at radius 2 is 2.10 bits per heavy atom. The van der Waals surface area contributed by atoms with E-state index in [-0.39, 0.29) is 11.8 Å². The van der Waals surface area contributed by atoms with Crippen LogP contribution in [-0.2, 0) is 4.79 Å². The molecule has 0 aromatic rings. The van der Waals surface area contributed by atoms with Crippen LogP contribution in [0.15, 0.2) is 0 Å². The van der Waals surface area contributed by atoms with Crippen molar-refractivity contribution in [3.8, 4) is 0 Å². The highest BCUT2D eigenvalue weighted by molar-refractivity contribution is 5.78. The van der Waals surface area contributed by atoms with Crippen molar-refractivity contribution in [1.82, 2.24) is 10.6 Å². The first-order chi connectivity index (χ1) is 4.76. The second-order valence-electron chi connectivity index (χ2n) is 2.28. The molecule has 0 radical (unpaired) electrons. The van der Waals surface area contributed by atoms with Crippen LogP contribution >= 0.6 is 0 Å². The van der Waals surface area contributed by atoms with Crippen molar-refractivity contribution in [3.05, 3.63) is 0 Å². The molecule has 0 saturated carbocycles. The van der Waals surface area contributed by atoms with Crippen LogP contribution < -0.4 is 10.6 Å². The maximum absolute atomic E-state index is 11.0. The molecule has 60 valence electrons. The van der Waals surface area contributed by atoms with E-state index in [1.807, 2.05) is 14.0 Å². The summed E-state index contributed by atoms with van der Waals surface area (Å²) < 4.78 is 0. The third-order valence-corrected chi connectivity index (χ3v) is 1.56. The minimum atomic E-state index is 0.120. The fourth-order valence-electron chi connectivity index (χ4n) is 0.873. The summed E-state index contributed by atoms with van der Waals surface area (Å²) >= 11 is 0. The molecule has 3 nitrogen and oxygen atoms in total. The molecule has 1 unspecified atom stereocenters. The topological polar surface area (TPSA) is 41.1 Å². The molecule has 1 amide bonds. The van der Waals surface area contributed by atoms with Crippen LogP contribution in [-0.4, -0.2) is 26.5 Å². The van der Waals surface area contributed by atoms with Gasteiger partial charge in [-0.1, -0.05) is 6.92 Å². The van der Waals surface area contributed by atoms with Gasteiger partial charge in [0.1, 0.15) is 0 Å². The van der Waals surface area contributed by atoms with Gasteiger partial charge in [0.2, 0.25) is 5.91 Å². The molecule has 1 atom stereocenters. The van der Waals surface area contributed by atoms with Crippen LogP contribution in [0.25, 0.3) is 0 Å². The summed E-state index contributed by atoms with van der Waals surface area (Å²) in [5.74, 6) is 0.242. The highest BCUT2D eigenvalue weighted by Gasteiger charge is 2.12. The second-order valence-corrected chi connectivity index (χ2v) is 2.28. The molecule has 0 aromatic carbocycles. The van der Waals surface area contributed by atoms with Crippen LogP contribution in [0.4, 0.5) is 0 Å². The van der Waals surface area contributed by atoms with Crippen molar-refractivity contribution >= 4 is 5.91 Å². The van der Waals surface area contributed by atoms with E-state index < -0.39 is 0 Å². The second kappa shape index (κ2) is 5.23. The normalized spacial score (nSPS) is 12.7. The Morgan fingerprint density at radius 3 is 2.40 bits per heavy atom. The van der Waals surface area contributed by atoms with Crippen LogP contribution in [0.2, 0.25) is 0 Å². The first kappa shape index (κ1) is 9.43. The van der Waals surface area contributed by atoms with Crippen LogP contribution in [0.1, 0.15) is 13.3 Å². The number of hydrogen-bond donors (Lipinski definition) is 2. The Balaban J connectivity index is 3.68. The molecule has 0 aliphatic carbocycles. The minimum absolute atomic E-state index is 0.120. The quantitative estimate of drug-likeness (QED) is 0.582. The van der Waals surface area contributed by atoms with E-state index in [4.69, 9.17) is 0 Å². The number of amides is 1. The van der Waals surface area contributed by atoms with Gasteiger partial charge in [-0.05, 0) is 13.5 Å². The molecule has 0 heterocycles. The van der Waals surface area contributed by atoms with Crippen LogP contribution in [0.5, 0.6) is 0 Å². The van der Waals surface area contributed by atoms with Gasteiger partial charge in [-0.3, -0.25) is 4.79 Å². The summed E-state index contributed by atoms with van der Waals surface area (Å²) in [7, 11) is 3.52. The maximum Gasteiger partial charge on any atom is 0.224 e. The van der Waals surface area contributed by atoms with E-state index in [0.717, 1.165) is 13.0 Å². The van der Waals surface area contributed by atoms with Gasteiger partial charge < -0.3 is 10.6 Å². The van der Waals surface area contributed by atoms with Gasteiger partial charge >= 0.3 is 0 Å². The molecule has 2 N–H and O–H groups in total. The zero-order chi connectivity index (χ0) is 7.98. The van der Waals surface area contributed by atoms with Crippen molar-refractivity contribution in [2.24, 2.45) is 5.92 Å². The minimum Gasteiger partial charge on any atom is -0.359 e. The van der Waals surface area contributed by atoms with Crippen molar-refractivity contribution < 1.29 is 4.79 Å². The van der Waals surface area contributed by atoms with Gasteiger partial charge in [-0.2, -0.15) is 0 Å². The highest BCUT2D eigenvalue weighted by atomic mass is 16.1. The summed E-state index contributed by atoms with van der Waals surface area (Å²) in [4.78, 5) is 11.0. The molecule has 10 heavy (non-hydrogen) atoms. The van der Waals surface area contributed by atoms with E-state index in [0.29, 0.717) is 0 Å². The third kappa shape index (κ3) is 2.82. The molecule has 0 aliphatic rings. The first-order valence-corrected chi connectivity index (χ1v) is 3.62. The summed E-state index contributed by atoms with van der Waals surface area (Å²) in [6, 6.07) is 0. The van der Waals surface area contributed by atoms with E-state index in [2.05, 4.69) is 10.6 Å². The number of carbonyl (C=O) groups excluding carboxylic acids is 1. The standard InChI is InChI=1S/C7H16N2O/c1-4-6(5-8-2)7(10)9-3/h6,8H,4-5H2,1-3H3,(H,9,10). The number of hydrogen-bond acceptors (Lipinski definition) is 2. The lowest BCUT2D eigenvalue weighted by atomic mass is 10.1. The predicted molar refractivity (Wildman–Crippen MR) is 41.8 cm³/mol. The summed E-state index contributed by atoms with van der Waals surface area (Å²) in [6.07, 6.45) is 0.889. The largest absolute Gasteiger partial charge is 0.359 e. The van der Waals surface area contributed by atoms with Crippen molar-refractivity contribution in [3.63, 3.8) is 0 Å². The van der Waals surface area contributed by atoms with Gasteiger partial charge in [0.05, 0.1) is 5.92 Å². The fraction of sp³-hybridized carbons (Fsp3) is 0.857. The van der Waals surface area contributed by atoms with Crippen molar-refractivity contribution in [2.45, 2.75) is 13.3 Å². The lowest BCUT2D eigenvalue weighted by molar-refractivity contribution is -0.124. The monoisotopic (exact) mass is 144 g/mol. The molecule has 0 saturated heterocycles. The SMILES string of the molecule is CCC(CNC)C(=O)NC. The lowest BCUT2D eigenvalue weighted by Crippen LogP contribution is -2.33. The third-order valence-electron chi connectivity index (χ3n) is 1.56. The molecule has 0 spiro atoms. The summed E-state index contributed by atoms with van der Waals surface area (Å²) in [5, 5.41) is 5.59. The Labute approximate surface area is 62.2 Å². The van der Waals surface area contributed by atoms with Gasteiger partial charge in [0.25, 0.3) is 0 Å². The number of rotatable bonds is 4. The number of nitrogens with one attached hydrogen (secondary N) is 2. The van der Waals surface area contributed by atoms with E-state index >= 15 is 0 Å². The molecular formula is C7H16N2O. The van der Waals surface area contributed by atoms with Gasteiger partial charge in [0, 0.05) is 13.6 Å².